The third kappa shape index (κ3) is 4.60. The van der Waals surface area contributed by atoms with E-state index in [0.29, 0.717) is 39.7 Å². The van der Waals surface area contributed by atoms with E-state index in [4.69, 9.17) is 26.2 Å². The number of nitrogens with zero attached hydrogens (tertiary/aromatic N) is 4. The van der Waals surface area contributed by atoms with Gasteiger partial charge in [-0.3, -0.25) is 0 Å². The Bertz CT molecular complexity index is 3090. The molecule has 5 heteroatoms. The zero-order valence-electron chi connectivity index (χ0n) is 31.5. The van der Waals surface area contributed by atoms with Crippen molar-refractivity contribution in [3.05, 3.63) is 170 Å². The molecule has 10 aromatic rings. The van der Waals surface area contributed by atoms with Crippen LogP contribution in [0, 0.1) is 0 Å². The third-order valence-electron chi connectivity index (χ3n) is 9.14. The molecular formula is C45H28N4O. The maximum absolute atomic E-state index is 8.56. The molecule has 5 nitrogen and oxygen atoms in total. The highest BCUT2D eigenvalue weighted by molar-refractivity contribution is 6.12. The number of aromatic nitrogens is 4. The predicted octanol–water partition coefficient (Wildman–Crippen LogP) is 11.5. The highest BCUT2D eigenvalue weighted by atomic mass is 16.3. The van der Waals surface area contributed by atoms with Crippen molar-refractivity contribution in [1.82, 2.24) is 19.5 Å². The lowest BCUT2D eigenvalue weighted by Crippen LogP contribution is -2.00. The average Bonchev–Trinajstić information content (AvgIpc) is 3.78. The van der Waals surface area contributed by atoms with Crippen molar-refractivity contribution in [2.24, 2.45) is 0 Å². The Morgan fingerprint density at radius 3 is 1.86 bits per heavy atom. The number of furan rings is 1. The molecule has 234 valence electrons. The summed E-state index contributed by atoms with van der Waals surface area (Å²) < 4.78 is 50.5. The highest BCUT2D eigenvalue weighted by Gasteiger charge is 2.19. The second kappa shape index (κ2) is 11.4. The van der Waals surface area contributed by atoms with Crippen LogP contribution in [0.5, 0.6) is 0 Å². The van der Waals surface area contributed by atoms with Gasteiger partial charge in [0.2, 0.25) is 0 Å². The van der Waals surface area contributed by atoms with E-state index in [1.165, 1.54) is 10.8 Å². The monoisotopic (exact) mass is 645 g/mol. The largest absolute Gasteiger partial charge is 0.455 e. The van der Waals surface area contributed by atoms with Crippen LogP contribution in [0.1, 0.15) is 6.85 Å². The van der Waals surface area contributed by atoms with Gasteiger partial charge in [-0.2, -0.15) is 0 Å². The Balaban J connectivity index is 1.15. The molecule has 0 radical (unpaired) electrons. The summed E-state index contributed by atoms with van der Waals surface area (Å²) in [7, 11) is 0. The van der Waals surface area contributed by atoms with E-state index in [-0.39, 0.29) is 17.6 Å². The molecule has 0 aliphatic heterocycles. The standard InChI is InChI=1S/C45H28N4O/c1-3-13-29(14-4-1)31-17-11-18-32(27-31)44-46-43(30-15-5-2-6-16-30)47-45(48-44)37-22-12-21-36-38-28-33(25-26-41(38)50-42(36)37)49-39-23-9-7-19-34(39)35-20-8-10-24-40(35)49/h1-28H/i1D,3D,4D,13D,14D. The Kier molecular flexibility index (Phi) is 5.35. The lowest BCUT2D eigenvalue weighted by Gasteiger charge is -2.10. The third-order valence-corrected chi connectivity index (χ3v) is 9.14. The number of para-hydroxylation sites is 3. The molecule has 0 N–H and O–H groups in total. The lowest BCUT2D eigenvalue weighted by molar-refractivity contribution is 0.669. The summed E-state index contributed by atoms with van der Waals surface area (Å²) in [5.74, 6) is 1.22. The van der Waals surface area contributed by atoms with Gasteiger partial charge in [0.05, 0.1) is 23.5 Å². The molecular weight excluding hydrogens is 613 g/mol. The van der Waals surface area contributed by atoms with Crippen molar-refractivity contribution in [2.45, 2.75) is 0 Å². The summed E-state index contributed by atoms with van der Waals surface area (Å²) in [6.07, 6.45) is 0. The molecule has 50 heavy (non-hydrogen) atoms. The van der Waals surface area contributed by atoms with Crippen LogP contribution in [-0.2, 0) is 0 Å². The van der Waals surface area contributed by atoms with Gasteiger partial charge in [-0.05, 0) is 53.6 Å². The number of rotatable bonds is 5. The summed E-state index contributed by atoms with van der Waals surface area (Å²) in [6.45, 7) is 0. The minimum Gasteiger partial charge on any atom is -0.455 e. The SMILES string of the molecule is [2H]c1c([2H])c([2H])c(-c2cccc(-c3nc(-c4ccccc4)nc(-c4cccc5c4oc4ccc(-n6c7ccccc7c7ccccc76)cc45)n3)c2)c([2H])c1[2H]. The van der Waals surface area contributed by atoms with E-state index in [1.807, 2.05) is 60.7 Å². The molecule has 10 rings (SSSR count). The first-order chi connectivity index (χ1) is 26.9. The second-order valence-electron chi connectivity index (χ2n) is 12.1. The molecule has 0 atom stereocenters. The van der Waals surface area contributed by atoms with Gasteiger partial charge in [0.15, 0.2) is 17.5 Å². The molecule has 7 aromatic carbocycles. The summed E-state index contributed by atoms with van der Waals surface area (Å²) in [6, 6.07) is 44.1. The van der Waals surface area contributed by atoms with Crippen molar-refractivity contribution >= 4 is 43.7 Å². The molecule has 0 spiro atoms. The number of benzene rings is 7. The van der Waals surface area contributed by atoms with Crippen LogP contribution in [-0.4, -0.2) is 19.5 Å². The van der Waals surface area contributed by atoms with Crippen LogP contribution in [0.15, 0.2) is 174 Å². The second-order valence-corrected chi connectivity index (χ2v) is 12.1. The topological polar surface area (TPSA) is 56.7 Å². The fourth-order valence-corrected chi connectivity index (χ4v) is 6.85. The number of hydrogen-bond acceptors (Lipinski definition) is 4. The minimum absolute atomic E-state index is 0.109. The molecule has 3 aromatic heterocycles. The molecule has 0 saturated heterocycles. The first-order valence-electron chi connectivity index (χ1n) is 18.8. The zero-order valence-corrected chi connectivity index (χ0v) is 26.5. The smallest absolute Gasteiger partial charge is 0.167 e. The average molecular weight is 646 g/mol. The van der Waals surface area contributed by atoms with Crippen molar-refractivity contribution in [3.8, 4) is 51.0 Å². The summed E-state index contributed by atoms with van der Waals surface area (Å²) in [5.41, 5.74) is 7.28. The van der Waals surface area contributed by atoms with E-state index in [2.05, 4.69) is 65.2 Å². The molecule has 0 aliphatic rings. The van der Waals surface area contributed by atoms with E-state index < -0.39 is 18.1 Å². The lowest BCUT2D eigenvalue weighted by atomic mass is 10.0. The fraction of sp³-hybridized carbons (Fsp3) is 0. The van der Waals surface area contributed by atoms with Crippen LogP contribution < -0.4 is 0 Å². The van der Waals surface area contributed by atoms with Gasteiger partial charge in [0.1, 0.15) is 11.2 Å². The molecule has 3 heterocycles. The van der Waals surface area contributed by atoms with E-state index in [1.54, 1.807) is 18.2 Å². The predicted molar refractivity (Wildman–Crippen MR) is 203 cm³/mol. The van der Waals surface area contributed by atoms with Crippen molar-refractivity contribution in [2.75, 3.05) is 0 Å². The van der Waals surface area contributed by atoms with E-state index in [9.17, 15) is 0 Å². The minimum atomic E-state index is -0.438. The summed E-state index contributed by atoms with van der Waals surface area (Å²) in [4.78, 5) is 14.8. The zero-order chi connectivity index (χ0) is 37.4. The van der Waals surface area contributed by atoms with Gasteiger partial charge < -0.3 is 8.98 Å². The quantitative estimate of drug-likeness (QED) is 0.187. The Morgan fingerprint density at radius 1 is 0.460 bits per heavy atom. The normalized spacial score (nSPS) is 13.0. The molecule has 0 saturated carbocycles. The van der Waals surface area contributed by atoms with Crippen LogP contribution >= 0.6 is 0 Å². The van der Waals surface area contributed by atoms with Crippen molar-refractivity contribution in [1.29, 1.82) is 0 Å². The van der Waals surface area contributed by atoms with Crippen LogP contribution in [0.4, 0.5) is 0 Å². The molecule has 0 unspecified atom stereocenters. The van der Waals surface area contributed by atoms with Crippen LogP contribution in [0.2, 0.25) is 0 Å². The van der Waals surface area contributed by atoms with Crippen LogP contribution in [0.3, 0.4) is 0 Å². The van der Waals surface area contributed by atoms with Gasteiger partial charge >= 0.3 is 0 Å². The highest BCUT2D eigenvalue weighted by Crippen LogP contribution is 2.39. The van der Waals surface area contributed by atoms with Crippen LogP contribution in [0.25, 0.3) is 94.7 Å². The van der Waals surface area contributed by atoms with Crippen molar-refractivity contribution < 1.29 is 11.3 Å². The van der Waals surface area contributed by atoms with Crippen molar-refractivity contribution in [3.63, 3.8) is 0 Å². The number of hydrogen-bond donors (Lipinski definition) is 0. The van der Waals surface area contributed by atoms with E-state index >= 15 is 0 Å². The molecule has 0 aliphatic carbocycles. The van der Waals surface area contributed by atoms with Gasteiger partial charge in [-0.15, -0.1) is 0 Å². The summed E-state index contributed by atoms with van der Waals surface area (Å²) >= 11 is 0. The van der Waals surface area contributed by atoms with Gasteiger partial charge in [0.25, 0.3) is 0 Å². The van der Waals surface area contributed by atoms with E-state index in [0.717, 1.165) is 38.6 Å². The first kappa shape index (κ1) is 23.5. The van der Waals surface area contributed by atoms with Gasteiger partial charge in [-0.1, -0.05) is 127 Å². The molecule has 0 amide bonds. The summed E-state index contributed by atoms with van der Waals surface area (Å²) in [5, 5.41) is 4.26. The molecule has 0 bridgehead atoms. The van der Waals surface area contributed by atoms with Gasteiger partial charge in [0, 0.05) is 38.4 Å². The Morgan fingerprint density at radius 2 is 1.08 bits per heavy atom. The maximum atomic E-state index is 8.56. The first-order valence-corrected chi connectivity index (χ1v) is 16.3. The number of fused-ring (bicyclic) bond motifs is 6. The van der Waals surface area contributed by atoms with Gasteiger partial charge in [-0.25, -0.2) is 15.0 Å². The maximum Gasteiger partial charge on any atom is 0.167 e. The Hall–Kier alpha value is -6.85. The Labute approximate surface area is 294 Å². The molecule has 0 fully saturated rings. The fourth-order valence-electron chi connectivity index (χ4n) is 6.85.